The maximum atomic E-state index is 12.7. The standard InChI is InChI=1S/C18H23N5O3/c1-21-14(7-8-19-21)17-13(18(25)26)5-6-16(24)23(17)11-12-10-22-9-3-2-4-15(22)20-12/h7-8,10,13,17H,2-6,9,11H2,1H3,(H,25,26)/t13-,17-/m0/s1. The normalized spacial score (nSPS) is 23.1. The van der Waals surface area contributed by atoms with Crippen molar-refractivity contribution in [3.05, 3.63) is 35.7 Å². The fraction of sp³-hybridized carbons (Fsp3) is 0.556. The van der Waals surface area contributed by atoms with Crippen molar-refractivity contribution >= 4 is 11.9 Å². The number of rotatable bonds is 4. The van der Waals surface area contributed by atoms with Crippen LogP contribution in [0.15, 0.2) is 18.5 Å². The predicted molar refractivity (Wildman–Crippen MR) is 92.0 cm³/mol. The summed E-state index contributed by atoms with van der Waals surface area (Å²) in [6.07, 6.45) is 7.48. The van der Waals surface area contributed by atoms with Gasteiger partial charge in [-0.2, -0.15) is 5.10 Å². The van der Waals surface area contributed by atoms with Gasteiger partial charge in [0.05, 0.1) is 29.9 Å². The molecule has 2 atom stereocenters. The Kier molecular flexibility index (Phi) is 4.26. The van der Waals surface area contributed by atoms with Crippen LogP contribution < -0.4 is 0 Å². The number of carbonyl (C=O) groups excluding carboxylic acids is 1. The molecular formula is C18H23N5O3. The lowest BCUT2D eigenvalue weighted by Gasteiger charge is -2.39. The SMILES string of the molecule is Cn1nccc1[C@@H]1[C@@H](C(=O)O)CCC(=O)N1Cc1cn2c(n1)CCCC2. The first-order valence-electron chi connectivity index (χ1n) is 9.09. The Balaban J connectivity index is 1.68. The predicted octanol–water partition coefficient (Wildman–Crippen LogP) is 1.52. The Morgan fingerprint density at radius 1 is 1.35 bits per heavy atom. The van der Waals surface area contributed by atoms with Gasteiger partial charge in [-0.1, -0.05) is 0 Å². The maximum Gasteiger partial charge on any atom is 0.309 e. The van der Waals surface area contributed by atoms with Crippen molar-refractivity contribution in [1.29, 1.82) is 0 Å². The molecule has 8 nitrogen and oxygen atoms in total. The summed E-state index contributed by atoms with van der Waals surface area (Å²) in [7, 11) is 1.78. The Bertz CT molecular complexity index is 816. The van der Waals surface area contributed by atoms with Gasteiger partial charge in [0.15, 0.2) is 0 Å². The zero-order valence-corrected chi connectivity index (χ0v) is 14.8. The summed E-state index contributed by atoms with van der Waals surface area (Å²) in [5.74, 6) is -0.486. The smallest absolute Gasteiger partial charge is 0.309 e. The number of hydrogen-bond donors (Lipinski definition) is 1. The van der Waals surface area contributed by atoms with Crippen molar-refractivity contribution in [2.24, 2.45) is 13.0 Å². The molecule has 0 saturated carbocycles. The number of imidazole rings is 1. The van der Waals surface area contributed by atoms with Gasteiger partial charge in [0.1, 0.15) is 5.82 Å². The minimum absolute atomic E-state index is 0.0281. The first-order valence-corrected chi connectivity index (χ1v) is 9.09. The number of piperidine rings is 1. The van der Waals surface area contributed by atoms with Crippen LogP contribution in [0.2, 0.25) is 0 Å². The average molecular weight is 357 g/mol. The molecule has 0 aliphatic carbocycles. The van der Waals surface area contributed by atoms with Crippen molar-refractivity contribution < 1.29 is 14.7 Å². The van der Waals surface area contributed by atoms with Crippen molar-refractivity contribution in [1.82, 2.24) is 24.2 Å². The molecule has 1 fully saturated rings. The van der Waals surface area contributed by atoms with E-state index in [1.165, 1.54) is 0 Å². The fourth-order valence-electron chi connectivity index (χ4n) is 4.16. The second kappa shape index (κ2) is 6.59. The van der Waals surface area contributed by atoms with E-state index in [0.29, 0.717) is 13.0 Å². The number of fused-ring (bicyclic) bond motifs is 1. The van der Waals surface area contributed by atoms with Gasteiger partial charge in [-0.05, 0) is 25.3 Å². The molecular weight excluding hydrogens is 334 g/mol. The van der Waals surface area contributed by atoms with Gasteiger partial charge in [0, 0.05) is 38.8 Å². The Labute approximate surface area is 151 Å². The van der Waals surface area contributed by atoms with E-state index in [1.54, 1.807) is 28.9 Å². The van der Waals surface area contributed by atoms with Gasteiger partial charge < -0.3 is 14.6 Å². The third kappa shape index (κ3) is 2.89. The number of hydrogen-bond acceptors (Lipinski definition) is 4. The van der Waals surface area contributed by atoms with Gasteiger partial charge >= 0.3 is 5.97 Å². The molecule has 0 spiro atoms. The van der Waals surface area contributed by atoms with Crippen LogP contribution in [0.5, 0.6) is 0 Å². The summed E-state index contributed by atoms with van der Waals surface area (Å²) in [5, 5.41) is 13.9. The monoisotopic (exact) mass is 357 g/mol. The molecule has 1 saturated heterocycles. The summed E-state index contributed by atoms with van der Waals surface area (Å²) in [6.45, 7) is 1.29. The quantitative estimate of drug-likeness (QED) is 0.895. The minimum Gasteiger partial charge on any atom is -0.481 e. The van der Waals surface area contributed by atoms with E-state index >= 15 is 0 Å². The molecule has 0 unspecified atom stereocenters. The Hall–Kier alpha value is -2.64. The van der Waals surface area contributed by atoms with E-state index in [-0.39, 0.29) is 12.3 Å². The number of likely N-dealkylation sites (tertiary alicyclic amines) is 1. The number of carbonyl (C=O) groups is 2. The first-order chi connectivity index (χ1) is 12.5. The van der Waals surface area contributed by atoms with Crippen LogP contribution in [-0.4, -0.2) is 41.2 Å². The highest BCUT2D eigenvalue weighted by molar-refractivity contribution is 5.81. The van der Waals surface area contributed by atoms with Gasteiger partial charge in [-0.25, -0.2) is 4.98 Å². The van der Waals surface area contributed by atoms with Gasteiger partial charge in [-0.15, -0.1) is 0 Å². The summed E-state index contributed by atoms with van der Waals surface area (Å²) in [5.41, 5.74) is 1.57. The van der Waals surface area contributed by atoms with Crippen LogP contribution in [0.3, 0.4) is 0 Å². The zero-order valence-electron chi connectivity index (χ0n) is 14.8. The fourth-order valence-corrected chi connectivity index (χ4v) is 4.16. The highest BCUT2D eigenvalue weighted by atomic mass is 16.4. The number of carboxylic acids is 1. The van der Waals surface area contributed by atoms with Crippen molar-refractivity contribution in [3.8, 4) is 0 Å². The molecule has 138 valence electrons. The molecule has 4 rings (SSSR count). The third-order valence-electron chi connectivity index (χ3n) is 5.48. The highest BCUT2D eigenvalue weighted by Crippen LogP contribution is 2.37. The number of aliphatic carboxylic acids is 1. The lowest BCUT2D eigenvalue weighted by Crippen LogP contribution is -2.45. The van der Waals surface area contributed by atoms with Crippen molar-refractivity contribution in [2.45, 2.75) is 51.2 Å². The molecule has 2 aliphatic heterocycles. The second-order valence-corrected chi connectivity index (χ2v) is 7.13. The zero-order chi connectivity index (χ0) is 18.3. The Morgan fingerprint density at radius 2 is 2.19 bits per heavy atom. The summed E-state index contributed by atoms with van der Waals surface area (Å²) < 4.78 is 3.81. The molecule has 8 heteroatoms. The van der Waals surface area contributed by atoms with E-state index in [2.05, 4.69) is 14.6 Å². The van der Waals surface area contributed by atoms with Gasteiger partial charge in [0.25, 0.3) is 0 Å². The van der Waals surface area contributed by atoms with E-state index in [0.717, 1.165) is 43.0 Å². The summed E-state index contributed by atoms with van der Waals surface area (Å²) in [4.78, 5) is 30.9. The van der Waals surface area contributed by atoms with Crippen LogP contribution in [0.25, 0.3) is 0 Å². The number of aromatic nitrogens is 4. The molecule has 0 aromatic carbocycles. The van der Waals surface area contributed by atoms with Crippen LogP contribution >= 0.6 is 0 Å². The van der Waals surface area contributed by atoms with Crippen LogP contribution in [0.4, 0.5) is 0 Å². The van der Waals surface area contributed by atoms with E-state index in [4.69, 9.17) is 0 Å². The van der Waals surface area contributed by atoms with Crippen LogP contribution in [-0.2, 0) is 36.1 Å². The number of aryl methyl sites for hydroxylation is 3. The van der Waals surface area contributed by atoms with Gasteiger partial charge in [0.2, 0.25) is 5.91 Å². The third-order valence-corrected chi connectivity index (χ3v) is 5.48. The molecule has 2 aromatic heterocycles. The number of amides is 1. The largest absolute Gasteiger partial charge is 0.481 e. The highest BCUT2D eigenvalue weighted by Gasteiger charge is 2.42. The molecule has 1 N–H and O–H groups in total. The van der Waals surface area contributed by atoms with Crippen LogP contribution in [0.1, 0.15) is 48.9 Å². The number of carboxylic acid groups (broad SMARTS) is 1. The lowest BCUT2D eigenvalue weighted by atomic mass is 9.86. The molecule has 2 aromatic rings. The minimum atomic E-state index is -0.877. The Morgan fingerprint density at radius 3 is 2.88 bits per heavy atom. The maximum absolute atomic E-state index is 12.7. The lowest BCUT2D eigenvalue weighted by molar-refractivity contribution is -0.153. The molecule has 0 radical (unpaired) electrons. The average Bonchev–Trinajstić information content (AvgIpc) is 3.21. The summed E-state index contributed by atoms with van der Waals surface area (Å²) >= 11 is 0. The van der Waals surface area contributed by atoms with Crippen molar-refractivity contribution in [3.63, 3.8) is 0 Å². The topological polar surface area (TPSA) is 93.2 Å². The number of nitrogens with zero attached hydrogens (tertiary/aromatic N) is 5. The summed E-state index contributed by atoms with van der Waals surface area (Å²) in [6, 6.07) is 1.27. The molecule has 0 bridgehead atoms. The molecule has 2 aliphatic rings. The van der Waals surface area contributed by atoms with E-state index in [9.17, 15) is 14.7 Å². The molecule has 1 amide bonds. The first kappa shape index (κ1) is 16.8. The molecule has 26 heavy (non-hydrogen) atoms. The molecule has 4 heterocycles. The van der Waals surface area contributed by atoms with E-state index in [1.807, 2.05) is 6.20 Å². The van der Waals surface area contributed by atoms with Crippen LogP contribution in [0, 0.1) is 5.92 Å². The van der Waals surface area contributed by atoms with Gasteiger partial charge in [-0.3, -0.25) is 14.3 Å². The second-order valence-electron chi connectivity index (χ2n) is 7.13. The van der Waals surface area contributed by atoms with Crippen molar-refractivity contribution in [2.75, 3.05) is 0 Å². The van der Waals surface area contributed by atoms with E-state index < -0.39 is 17.9 Å².